The number of hydrogen-bond donors (Lipinski definition) is 1. The van der Waals surface area contributed by atoms with Crippen molar-refractivity contribution in [3.8, 4) is 5.75 Å². The smallest absolute Gasteiger partial charge is 0.335 e. The monoisotopic (exact) mass is 364 g/mol. The molecule has 1 amide bonds. The van der Waals surface area contributed by atoms with E-state index >= 15 is 0 Å². The van der Waals surface area contributed by atoms with E-state index in [-0.39, 0.29) is 17.6 Å². The number of carbonyl (C=O) groups is 2. The summed E-state index contributed by atoms with van der Waals surface area (Å²) in [6.45, 7) is 5.62. The molecule has 1 aliphatic rings. The summed E-state index contributed by atoms with van der Waals surface area (Å²) < 4.78 is 5.81. The summed E-state index contributed by atoms with van der Waals surface area (Å²) in [6, 6.07) is 13.6. The van der Waals surface area contributed by atoms with E-state index in [4.69, 9.17) is 9.84 Å². The topological polar surface area (TPSA) is 79.2 Å². The third-order valence-corrected chi connectivity index (χ3v) is 3.98. The molecule has 3 rings (SSSR count). The third kappa shape index (κ3) is 3.89. The zero-order chi connectivity index (χ0) is 19.6. The van der Waals surface area contributed by atoms with Crippen LogP contribution in [-0.4, -0.2) is 28.8 Å². The molecule has 0 radical (unpaired) electrons. The van der Waals surface area contributed by atoms with Gasteiger partial charge < -0.3 is 9.84 Å². The lowest BCUT2D eigenvalue weighted by Gasteiger charge is -2.13. The number of ether oxygens (including phenoxy) is 1. The van der Waals surface area contributed by atoms with Crippen molar-refractivity contribution in [2.75, 3.05) is 5.01 Å². The molecule has 1 N–H and O–H groups in total. The van der Waals surface area contributed by atoms with Gasteiger partial charge in [-0.3, -0.25) is 4.79 Å². The minimum atomic E-state index is -1.06. The van der Waals surface area contributed by atoms with Gasteiger partial charge in [0.15, 0.2) is 0 Å². The van der Waals surface area contributed by atoms with Gasteiger partial charge in [-0.1, -0.05) is 24.3 Å². The van der Waals surface area contributed by atoms with Crippen molar-refractivity contribution in [3.63, 3.8) is 0 Å². The lowest BCUT2D eigenvalue weighted by molar-refractivity contribution is -0.114. The summed E-state index contributed by atoms with van der Waals surface area (Å²) in [5.41, 5.74) is 2.29. The number of para-hydroxylation sites is 1. The number of hydrogen-bond acceptors (Lipinski definition) is 4. The van der Waals surface area contributed by atoms with Gasteiger partial charge in [-0.2, -0.15) is 10.1 Å². The third-order valence-electron chi connectivity index (χ3n) is 3.98. The second kappa shape index (κ2) is 7.45. The van der Waals surface area contributed by atoms with Crippen molar-refractivity contribution >= 4 is 29.4 Å². The quantitative estimate of drug-likeness (QED) is 0.814. The number of carbonyl (C=O) groups excluding carboxylic acids is 1. The first-order chi connectivity index (χ1) is 12.9. The van der Waals surface area contributed by atoms with E-state index in [0.717, 1.165) is 5.56 Å². The van der Waals surface area contributed by atoms with Crippen LogP contribution in [0.15, 0.2) is 59.2 Å². The summed E-state index contributed by atoms with van der Waals surface area (Å²) in [6.07, 6.45) is 1.76. The number of hydrazone groups is 1. The highest BCUT2D eigenvalue weighted by molar-refractivity contribution is 6.32. The van der Waals surface area contributed by atoms with Crippen LogP contribution in [0.2, 0.25) is 0 Å². The summed E-state index contributed by atoms with van der Waals surface area (Å²) in [7, 11) is 0. The van der Waals surface area contributed by atoms with Gasteiger partial charge in [-0.05, 0) is 51.1 Å². The number of carboxylic acids is 1. The molecule has 2 aromatic rings. The van der Waals surface area contributed by atoms with Crippen LogP contribution in [0, 0.1) is 0 Å². The molecule has 6 heteroatoms. The number of nitrogens with zero attached hydrogens (tertiary/aromatic N) is 2. The van der Waals surface area contributed by atoms with Crippen molar-refractivity contribution in [3.05, 3.63) is 65.2 Å². The van der Waals surface area contributed by atoms with Crippen LogP contribution in [0.1, 0.15) is 36.7 Å². The summed E-state index contributed by atoms with van der Waals surface area (Å²) in [5, 5.41) is 14.7. The lowest BCUT2D eigenvalue weighted by Crippen LogP contribution is -2.21. The first-order valence-electron chi connectivity index (χ1n) is 8.57. The summed E-state index contributed by atoms with van der Waals surface area (Å²) in [4.78, 5) is 24.1. The highest BCUT2D eigenvalue weighted by atomic mass is 16.5. The predicted molar refractivity (Wildman–Crippen MR) is 104 cm³/mol. The van der Waals surface area contributed by atoms with E-state index < -0.39 is 5.97 Å². The zero-order valence-corrected chi connectivity index (χ0v) is 15.3. The number of anilines is 1. The second-order valence-electron chi connectivity index (χ2n) is 6.42. The van der Waals surface area contributed by atoms with Crippen LogP contribution >= 0.6 is 0 Å². The van der Waals surface area contributed by atoms with Gasteiger partial charge in [0.25, 0.3) is 5.91 Å². The van der Waals surface area contributed by atoms with Crippen LogP contribution in [0.25, 0.3) is 6.08 Å². The van der Waals surface area contributed by atoms with Crippen LogP contribution in [-0.2, 0) is 4.79 Å². The van der Waals surface area contributed by atoms with Gasteiger partial charge in [0.2, 0.25) is 0 Å². The number of aromatic carboxylic acids is 1. The SMILES string of the molecule is CC1=NN(c2cccc(C(=O)O)c2)C(=O)/C1=C\c1ccccc1OC(C)C. The Morgan fingerprint density at radius 2 is 1.93 bits per heavy atom. The molecule has 0 fully saturated rings. The van der Waals surface area contributed by atoms with Crippen LogP contribution in [0.4, 0.5) is 5.69 Å². The first kappa shape index (κ1) is 18.4. The molecule has 138 valence electrons. The average molecular weight is 364 g/mol. The van der Waals surface area contributed by atoms with Gasteiger partial charge in [0.05, 0.1) is 28.6 Å². The Bertz CT molecular complexity index is 960. The molecule has 0 bridgehead atoms. The van der Waals surface area contributed by atoms with Crippen LogP contribution in [0.5, 0.6) is 5.75 Å². The number of benzene rings is 2. The minimum Gasteiger partial charge on any atom is -0.490 e. The van der Waals surface area contributed by atoms with Gasteiger partial charge in [0, 0.05) is 5.56 Å². The Labute approximate surface area is 157 Å². The largest absolute Gasteiger partial charge is 0.490 e. The average Bonchev–Trinajstić information content (AvgIpc) is 2.91. The molecular formula is C21H20N2O4. The normalized spacial score (nSPS) is 15.4. The summed E-state index contributed by atoms with van der Waals surface area (Å²) >= 11 is 0. The standard InChI is InChI=1S/C21H20N2O4/c1-13(2)27-19-10-5-4-7-15(19)12-18-14(3)22-23(20(18)24)17-9-6-8-16(11-17)21(25)26/h4-13H,1-3H3,(H,25,26)/b18-12-. The molecule has 0 saturated carbocycles. The fourth-order valence-electron chi connectivity index (χ4n) is 2.75. The first-order valence-corrected chi connectivity index (χ1v) is 8.57. The second-order valence-corrected chi connectivity index (χ2v) is 6.42. The highest BCUT2D eigenvalue weighted by Crippen LogP contribution is 2.28. The zero-order valence-electron chi connectivity index (χ0n) is 15.3. The van der Waals surface area contributed by atoms with Gasteiger partial charge in [0.1, 0.15) is 5.75 Å². The highest BCUT2D eigenvalue weighted by Gasteiger charge is 2.29. The fraction of sp³-hybridized carbons (Fsp3) is 0.190. The molecule has 0 unspecified atom stereocenters. The van der Waals surface area contributed by atoms with E-state index in [1.165, 1.54) is 17.1 Å². The molecule has 0 aromatic heterocycles. The maximum atomic E-state index is 12.9. The van der Waals surface area contributed by atoms with E-state index in [2.05, 4.69) is 5.10 Å². The molecule has 1 heterocycles. The molecule has 6 nitrogen and oxygen atoms in total. The summed E-state index contributed by atoms with van der Waals surface area (Å²) in [5.74, 6) is -0.680. The predicted octanol–water partition coefficient (Wildman–Crippen LogP) is 3.98. The lowest BCUT2D eigenvalue weighted by atomic mass is 10.1. The van der Waals surface area contributed by atoms with E-state index in [9.17, 15) is 9.59 Å². The van der Waals surface area contributed by atoms with Crippen LogP contribution < -0.4 is 9.75 Å². The molecule has 0 saturated heterocycles. The van der Waals surface area contributed by atoms with Gasteiger partial charge in [-0.25, -0.2) is 4.79 Å². The Hall–Kier alpha value is -3.41. The molecular weight excluding hydrogens is 344 g/mol. The van der Waals surface area contributed by atoms with Crippen molar-refractivity contribution in [2.24, 2.45) is 5.10 Å². The maximum Gasteiger partial charge on any atom is 0.335 e. The Morgan fingerprint density at radius 1 is 1.19 bits per heavy atom. The Kier molecular flexibility index (Phi) is 5.07. The maximum absolute atomic E-state index is 12.9. The molecule has 0 atom stereocenters. The number of rotatable bonds is 5. The Morgan fingerprint density at radius 3 is 2.63 bits per heavy atom. The van der Waals surface area contributed by atoms with Gasteiger partial charge in [-0.15, -0.1) is 0 Å². The van der Waals surface area contributed by atoms with E-state index in [0.29, 0.717) is 22.7 Å². The van der Waals surface area contributed by atoms with Gasteiger partial charge >= 0.3 is 5.97 Å². The van der Waals surface area contributed by atoms with E-state index in [1.54, 1.807) is 25.1 Å². The van der Waals surface area contributed by atoms with Crippen molar-refractivity contribution in [1.82, 2.24) is 0 Å². The van der Waals surface area contributed by atoms with Crippen molar-refractivity contribution < 1.29 is 19.4 Å². The number of amides is 1. The van der Waals surface area contributed by atoms with Crippen molar-refractivity contribution in [2.45, 2.75) is 26.9 Å². The molecule has 1 aliphatic heterocycles. The molecule has 2 aromatic carbocycles. The number of carboxylic acid groups (broad SMARTS) is 1. The molecule has 0 aliphatic carbocycles. The Balaban J connectivity index is 1.96. The fourth-order valence-corrected chi connectivity index (χ4v) is 2.75. The van der Waals surface area contributed by atoms with E-state index in [1.807, 2.05) is 38.1 Å². The van der Waals surface area contributed by atoms with Crippen LogP contribution in [0.3, 0.4) is 0 Å². The van der Waals surface area contributed by atoms with Crippen molar-refractivity contribution in [1.29, 1.82) is 0 Å². The molecule has 27 heavy (non-hydrogen) atoms. The molecule has 0 spiro atoms. The minimum absolute atomic E-state index is 0.00819.